The SMILES string of the molecule is CCNc1cc(C(=O)N[C@@H](Cc2ccccc2)[C@H](O)CNC2CCCCC2)cc(N2CC(c3ccccc3)CCS2(O)O)c1. The first-order chi connectivity index (χ1) is 21.3. The van der Waals surface area contributed by atoms with Crippen LogP contribution in [0.4, 0.5) is 11.4 Å². The van der Waals surface area contributed by atoms with Crippen LogP contribution in [0.15, 0.2) is 78.9 Å². The largest absolute Gasteiger partial charge is 0.390 e. The molecule has 0 radical (unpaired) electrons. The molecule has 3 atom stereocenters. The van der Waals surface area contributed by atoms with Crippen molar-refractivity contribution in [2.24, 2.45) is 0 Å². The van der Waals surface area contributed by atoms with E-state index in [-0.39, 0.29) is 17.6 Å². The first kappa shape index (κ1) is 32.3. The summed E-state index contributed by atoms with van der Waals surface area (Å²) in [4.78, 5) is 13.9. The van der Waals surface area contributed by atoms with Crippen LogP contribution in [0.3, 0.4) is 0 Å². The molecule has 1 unspecified atom stereocenters. The van der Waals surface area contributed by atoms with Gasteiger partial charge in [0.25, 0.3) is 5.91 Å². The lowest BCUT2D eigenvalue weighted by Crippen LogP contribution is -2.50. The van der Waals surface area contributed by atoms with Crippen LogP contribution < -0.4 is 20.3 Å². The van der Waals surface area contributed by atoms with Crippen LogP contribution in [0.5, 0.6) is 0 Å². The van der Waals surface area contributed by atoms with Gasteiger partial charge >= 0.3 is 0 Å². The van der Waals surface area contributed by atoms with Gasteiger partial charge in [-0.3, -0.25) is 18.2 Å². The standard InChI is InChI=1S/C35H48N4O4S/c1-2-36-31-21-29(22-32(23-31)39-25-28(18-19-44(39,42)43)27-14-8-4-9-15-27)35(41)38-33(20-26-12-6-3-7-13-26)34(40)24-37-30-16-10-5-11-17-30/h3-4,6-9,12-15,21-23,28,30,33-34,36-37,40,42-43H,2,5,10-11,16-20,24-25H2,1H3,(H,38,41)/t28?,33-,34+/m0/s1. The molecular weight excluding hydrogens is 572 g/mol. The Balaban J connectivity index is 1.38. The van der Waals surface area contributed by atoms with Crippen LogP contribution in [0.2, 0.25) is 0 Å². The fraction of sp³-hybridized carbons (Fsp3) is 0.457. The average Bonchev–Trinajstić information content (AvgIpc) is 3.04. The molecule has 0 aromatic heterocycles. The second kappa shape index (κ2) is 15.3. The van der Waals surface area contributed by atoms with E-state index in [1.807, 2.05) is 61.5 Å². The third-order valence-electron chi connectivity index (χ3n) is 8.90. The van der Waals surface area contributed by atoms with Gasteiger partial charge in [-0.2, -0.15) is 0 Å². The third-order valence-corrected chi connectivity index (χ3v) is 10.7. The lowest BCUT2D eigenvalue weighted by molar-refractivity contribution is 0.0821. The van der Waals surface area contributed by atoms with Gasteiger partial charge < -0.3 is 21.1 Å². The molecule has 238 valence electrons. The van der Waals surface area contributed by atoms with Gasteiger partial charge in [-0.25, -0.2) is 0 Å². The second-order valence-corrected chi connectivity index (χ2v) is 14.3. The Bertz CT molecular complexity index is 1340. The Morgan fingerprint density at radius 1 is 0.955 bits per heavy atom. The van der Waals surface area contributed by atoms with Crippen molar-refractivity contribution in [1.29, 1.82) is 0 Å². The molecule has 9 heteroatoms. The molecule has 1 saturated heterocycles. The van der Waals surface area contributed by atoms with Gasteiger partial charge in [-0.05, 0) is 61.9 Å². The molecular formula is C35H48N4O4S. The number of hydrogen-bond donors (Lipinski definition) is 6. The van der Waals surface area contributed by atoms with E-state index in [1.54, 1.807) is 16.4 Å². The second-order valence-electron chi connectivity index (χ2n) is 12.2. The lowest BCUT2D eigenvalue weighted by Gasteiger charge is -2.50. The molecule has 6 N–H and O–H groups in total. The van der Waals surface area contributed by atoms with Gasteiger partial charge in [0.1, 0.15) is 0 Å². The number of nitrogens with zero attached hydrogens (tertiary/aromatic N) is 1. The molecule has 8 nitrogen and oxygen atoms in total. The summed E-state index contributed by atoms with van der Waals surface area (Å²) in [5.41, 5.74) is 3.92. The van der Waals surface area contributed by atoms with Crippen LogP contribution in [0, 0.1) is 0 Å². The van der Waals surface area contributed by atoms with Crippen molar-refractivity contribution in [3.05, 3.63) is 95.6 Å². The molecule has 44 heavy (non-hydrogen) atoms. The van der Waals surface area contributed by atoms with Crippen LogP contribution in [-0.2, 0) is 6.42 Å². The minimum atomic E-state index is -3.06. The minimum Gasteiger partial charge on any atom is -0.390 e. The van der Waals surface area contributed by atoms with E-state index in [9.17, 15) is 19.0 Å². The number of carbonyl (C=O) groups excluding carboxylic acids is 1. The fourth-order valence-electron chi connectivity index (χ4n) is 6.42. The van der Waals surface area contributed by atoms with Crippen LogP contribution in [0.1, 0.15) is 72.9 Å². The van der Waals surface area contributed by atoms with Gasteiger partial charge in [0.05, 0.1) is 23.6 Å². The topological polar surface area (TPSA) is 117 Å². The van der Waals surface area contributed by atoms with E-state index in [4.69, 9.17) is 0 Å². The molecule has 1 aliphatic carbocycles. The van der Waals surface area contributed by atoms with E-state index in [0.29, 0.717) is 49.8 Å². The molecule has 0 bridgehead atoms. The number of carbonyl (C=O) groups is 1. The average molecular weight is 621 g/mol. The summed E-state index contributed by atoms with van der Waals surface area (Å²) in [5, 5.41) is 21.3. The summed E-state index contributed by atoms with van der Waals surface area (Å²) >= 11 is 0. The highest BCUT2D eigenvalue weighted by atomic mass is 32.3. The zero-order chi connectivity index (χ0) is 30.9. The first-order valence-corrected chi connectivity index (χ1v) is 17.7. The highest BCUT2D eigenvalue weighted by Gasteiger charge is 2.34. The number of aliphatic hydroxyl groups is 1. The summed E-state index contributed by atoms with van der Waals surface area (Å²) in [6.07, 6.45) is 6.29. The Morgan fingerprint density at radius 3 is 2.36 bits per heavy atom. The monoisotopic (exact) mass is 620 g/mol. The smallest absolute Gasteiger partial charge is 0.251 e. The summed E-state index contributed by atoms with van der Waals surface area (Å²) in [5.74, 6) is 0.0915. The maximum atomic E-state index is 13.9. The van der Waals surface area contributed by atoms with Gasteiger partial charge in [0.15, 0.2) is 0 Å². The maximum Gasteiger partial charge on any atom is 0.251 e. The van der Waals surface area contributed by atoms with Crippen LogP contribution >= 0.6 is 10.8 Å². The Morgan fingerprint density at radius 2 is 1.66 bits per heavy atom. The molecule has 1 heterocycles. The summed E-state index contributed by atoms with van der Waals surface area (Å²) in [7, 11) is -3.06. The Kier molecular flexibility index (Phi) is 11.2. The van der Waals surface area contributed by atoms with Crippen molar-refractivity contribution in [2.45, 2.75) is 76.0 Å². The van der Waals surface area contributed by atoms with E-state index in [2.05, 4.69) is 28.1 Å². The van der Waals surface area contributed by atoms with Crippen molar-refractivity contribution in [2.75, 3.05) is 35.0 Å². The van der Waals surface area contributed by atoms with E-state index in [0.717, 1.165) is 29.7 Å². The van der Waals surface area contributed by atoms with Gasteiger partial charge in [-0.1, -0.05) is 79.9 Å². The van der Waals surface area contributed by atoms with Crippen LogP contribution in [0.25, 0.3) is 0 Å². The zero-order valence-corrected chi connectivity index (χ0v) is 26.5. The zero-order valence-electron chi connectivity index (χ0n) is 25.7. The number of anilines is 2. The normalized spacial score (nSPS) is 20.8. The van der Waals surface area contributed by atoms with Crippen molar-refractivity contribution < 1.29 is 19.0 Å². The quantitative estimate of drug-likeness (QED) is 0.139. The first-order valence-electron chi connectivity index (χ1n) is 16.1. The fourth-order valence-corrected chi connectivity index (χ4v) is 8.11. The summed E-state index contributed by atoms with van der Waals surface area (Å²) in [6, 6.07) is 25.4. The number of hydrogen-bond acceptors (Lipinski definition) is 7. The van der Waals surface area contributed by atoms with E-state index < -0.39 is 22.9 Å². The summed E-state index contributed by atoms with van der Waals surface area (Å²) < 4.78 is 24.0. The van der Waals surface area contributed by atoms with E-state index >= 15 is 0 Å². The predicted octanol–water partition coefficient (Wildman–Crippen LogP) is 6.40. The maximum absolute atomic E-state index is 13.9. The Hall–Kier alpha value is -3.08. The highest BCUT2D eigenvalue weighted by Crippen LogP contribution is 2.52. The van der Waals surface area contributed by atoms with Gasteiger partial charge in [0.2, 0.25) is 0 Å². The van der Waals surface area contributed by atoms with Crippen LogP contribution in [-0.4, -0.2) is 63.7 Å². The number of benzene rings is 3. The molecule has 3 aromatic carbocycles. The van der Waals surface area contributed by atoms with Crippen molar-refractivity contribution in [3.8, 4) is 0 Å². The summed E-state index contributed by atoms with van der Waals surface area (Å²) in [6.45, 7) is 3.47. The van der Waals surface area contributed by atoms with Gasteiger partial charge in [0, 0.05) is 42.8 Å². The highest BCUT2D eigenvalue weighted by molar-refractivity contribution is 8.25. The predicted molar refractivity (Wildman–Crippen MR) is 182 cm³/mol. The molecule has 3 aromatic rings. The molecule has 5 rings (SSSR count). The van der Waals surface area contributed by atoms with E-state index in [1.165, 1.54) is 19.3 Å². The molecule has 1 amide bonds. The molecule has 2 fully saturated rings. The van der Waals surface area contributed by atoms with Crippen molar-refractivity contribution in [1.82, 2.24) is 10.6 Å². The molecule has 1 aliphatic heterocycles. The number of aliphatic hydroxyl groups excluding tert-OH is 1. The molecule has 0 spiro atoms. The number of rotatable bonds is 12. The van der Waals surface area contributed by atoms with Crippen molar-refractivity contribution in [3.63, 3.8) is 0 Å². The third kappa shape index (κ3) is 8.55. The lowest BCUT2D eigenvalue weighted by atomic mass is 9.94. The Labute approximate surface area is 263 Å². The molecule has 1 saturated carbocycles. The minimum absolute atomic E-state index is 0.137. The van der Waals surface area contributed by atoms with Crippen molar-refractivity contribution >= 4 is 28.1 Å². The van der Waals surface area contributed by atoms with Gasteiger partial charge in [-0.15, -0.1) is 10.8 Å². The number of amides is 1. The number of nitrogens with one attached hydrogen (secondary N) is 3. The molecule has 2 aliphatic rings.